The molecule has 106 valence electrons. The molecule has 0 aliphatic carbocycles. The zero-order chi connectivity index (χ0) is 13.9. The van der Waals surface area contributed by atoms with Crippen LogP contribution in [0.5, 0.6) is 5.75 Å². The van der Waals surface area contributed by atoms with Gasteiger partial charge in [0.15, 0.2) is 6.61 Å². The van der Waals surface area contributed by atoms with Gasteiger partial charge in [0, 0.05) is 26.7 Å². The fourth-order valence-corrected chi connectivity index (χ4v) is 1.32. The predicted molar refractivity (Wildman–Crippen MR) is 69.7 cm³/mol. The Morgan fingerprint density at radius 1 is 1.21 bits per heavy atom. The number of amides is 1. The molecular formula is C13H19FN2O3. The molecule has 19 heavy (non-hydrogen) atoms. The van der Waals surface area contributed by atoms with Crippen molar-refractivity contribution in [3.8, 4) is 5.75 Å². The van der Waals surface area contributed by atoms with Gasteiger partial charge in [-0.1, -0.05) is 0 Å². The summed E-state index contributed by atoms with van der Waals surface area (Å²) in [6, 6.07) is 5.53. The number of hydrogen-bond acceptors (Lipinski definition) is 4. The van der Waals surface area contributed by atoms with Gasteiger partial charge in [0.1, 0.15) is 11.6 Å². The molecule has 0 aromatic heterocycles. The van der Waals surface area contributed by atoms with Gasteiger partial charge < -0.3 is 20.1 Å². The van der Waals surface area contributed by atoms with Gasteiger partial charge in [0.05, 0.1) is 6.61 Å². The fraction of sp³-hybridized carbons (Fsp3) is 0.462. The van der Waals surface area contributed by atoms with Crippen LogP contribution in [0.1, 0.15) is 0 Å². The molecule has 0 spiro atoms. The van der Waals surface area contributed by atoms with Crippen LogP contribution in [0.25, 0.3) is 0 Å². The summed E-state index contributed by atoms with van der Waals surface area (Å²) >= 11 is 0. The zero-order valence-electron chi connectivity index (χ0n) is 10.9. The van der Waals surface area contributed by atoms with E-state index < -0.39 is 0 Å². The smallest absolute Gasteiger partial charge is 0.257 e. The molecule has 1 aromatic rings. The Morgan fingerprint density at radius 3 is 2.63 bits per heavy atom. The molecule has 0 saturated heterocycles. The highest BCUT2D eigenvalue weighted by Crippen LogP contribution is 2.10. The van der Waals surface area contributed by atoms with Gasteiger partial charge in [-0.05, 0) is 24.3 Å². The third kappa shape index (κ3) is 7.38. The van der Waals surface area contributed by atoms with E-state index in [2.05, 4.69) is 10.6 Å². The number of carbonyl (C=O) groups excluding carboxylic acids is 1. The number of carbonyl (C=O) groups is 1. The molecule has 1 aromatic carbocycles. The van der Waals surface area contributed by atoms with Crippen molar-refractivity contribution in [2.75, 3.05) is 40.0 Å². The van der Waals surface area contributed by atoms with Crippen LogP contribution in [-0.2, 0) is 9.53 Å². The van der Waals surface area contributed by atoms with Crippen LogP contribution >= 0.6 is 0 Å². The number of ether oxygens (including phenoxy) is 2. The van der Waals surface area contributed by atoms with Crippen molar-refractivity contribution in [1.82, 2.24) is 10.6 Å². The lowest BCUT2D eigenvalue weighted by Gasteiger charge is -2.08. The Labute approximate surface area is 112 Å². The first-order chi connectivity index (χ1) is 9.22. The van der Waals surface area contributed by atoms with Gasteiger partial charge in [-0.3, -0.25) is 4.79 Å². The predicted octanol–water partition coefficient (Wildman–Crippen LogP) is 0.557. The summed E-state index contributed by atoms with van der Waals surface area (Å²) < 4.78 is 22.7. The molecule has 1 amide bonds. The zero-order valence-corrected chi connectivity index (χ0v) is 10.9. The average molecular weight is 270 g/mol. The second-order valence-corrected chi connectivity index (χ2v) is 3.84. The van der Waals surface area contributed by atoms with Crippen molar-refractivity contribution in [2.24, 2.45) is 0 Å². The minimum Gasteiger partial charge on any atom is -0.484 e. The van der Waals surface area contributed by atoms with E-state index in [4.69, 9.17) is 9.47 Å². The third-order valence-electron chi connectivity index (χ3n) is 2.29. The molecule has 0 bridgehead atoms. The Kier molecular flexibility index (Phi) is 7.53. The van der Waals surface area contributed by atoms with Crippen molar-refractivity contribution in [3.05, 3.63) is 30.1 Å². The first kappa shape index (κ1) is 15.4. The van der Waals surface area contributed by atoms with Crippen molar-refractivity contribution < 1.29 is 18.7 Å². The topological polar surface area (TPSA) is 59.6 Å². The quantitative estimate of drug-likeness (QED) is 0.644. The minimum atomic E-state index is -0.334. The SMILES string of the molecule is COCCNCCNC(=O)COc1ccc(F)cc1. The Bertz CT molecular complexity index is 371. The molecule has 0 aliphatic rings. The molecule has 0 saturated carbocycles. The summed E-state index contributed by atoms with van der Waals surface area (Å²) in [5.41, 5.74) is 0. The summed E-state index contributed by atoms with van der Waals surface area (Å²) in [4.78, 5) is 11.4. The molecule has 5 nitrogen and oxygen atoms in total. The molecule has 0 unspecified atom stereocenters. The molecule has 1 rings (SSSR count). The van der Waals surface area contributed by atoms with E-state index in [-0.39, 0.29) is 18.3 Å². The maximum Gasteiger partial charge on any atom is 0.257 e. The van der Waals surface area contributed by atoms with Crippen molar-refractivity contribution >= 4 is 5.91 Å². The van der Waals surface area contributed by atoms with E-state index >= 15 is 0 Å². The molecule has 6 heteroatoms. The van der Waals surface area contributed by atoms with Crippen molar-refractivity contribution in [1.29, 1.82) is 0 Å². The molecule has 0 heterocycles. The Morgan fingerprint density at radius 2 is 1.95 bits per heavy atom. The highest BCUT2D eigenvalue weighted by Gasteiger charge is 2.02. The van der Waals surface area contributed by atoms with Gasteiger partial charge in [-0.25, -0.2) is 4.39 Å². The summed E-state index contributed by atoms with van der Waals surface area (Å²) in [6.45, 7) is 2.50. The molecule has 0 radical (unpaired) electrons. The second-order valence-electron chi connectivity index (χ2n) is 3.84. The monoisotopic (exact) mass is 270 g/mol. The van der Waals surface area contributed by atoms with Gasteiger partial charge in [-0.2, -0.15) is 0 Å². The lowest BCUT2D eigenvalue weighted by atomic mass is 10.3. The molecule has 2 N–H and O–H groups in total. The van der Waals surface area contributed by atoms with Crippen LogP contribution in [0, 0.1) is 5.82 Å². The van der Waals surface area contributed by atoms with Crippen LogP contribution in [0.3, 0.4) is 0 Å². The molecule has 0 atom stereocenters. The van der Waals surface area contributed by atoms with Crippen LogP contribution in [0.15, 0.2) is 24.3 Å². The van der Waals surface area contributed by atoms with Gasteiger partial charge >= 0.3 is 0 Å². The van der Waals surface area contributed by atoms with Crippen molar-refractivity contribution in [2.45, 2.75) is 0 Å². The first-order valence-electron chi connectivity index (χ1n) is 6.07. The maximum atomic E-state index is 12.6. The summed E-state index contributed by atoms with van der Waals surface area (Å²) in [6.07, 6.45) is 0. The largest absolute Gasteiger partial charge is 0.484 e. The number of rotatable bonds is 9. The average Bonchev–Trinajstić information content (AvgIpc) is 2.42. The normalized spacial score (nSPS) is 10.2. The standard InChI is InChI=1S/C13H19FN2O3/c1-18-9-8-15-6-7-16-13(17)10-19-12-4-2-11(14)3-5-12/h2-5,15H,6-10H2,1H3,(H,16,17). The number of halogens is 1. The lowest BCUT2D eigenvalue weighted by molar-refractivity contribution is -0.123. The molecular weight excluding hydrogens is 251 g/mol. The third-order valence-corrected chi connectivity index (χ3v) is 2.29. The van der Waals surface area contributed by atoms with Gasteiger partial charge in [-0.15, -0.1) is 0 Å². The highest BCUT2D eigenvalue weighted by atomic mass is 19.1. The summed E-state index contributed by atoms with van der Waals surface area (Å²) in [5.74, 6) is -0.0772. The van der Waals surface area contributed by atoms with Crippen molar-refractivity contribution in [3.63, 3.8) is 0 Å². The van der Waals surface area contributed by atoms with Gasteiger partial charge in [0.2, 0.25) is 0 Å². The van der Waals surface area contributed by atoms with Gasteiger partial charge in [0.25, 0.3) is 5.91 Å². The summed E-state index contributed by atoms with van der Waals surface area (Å²) in [5, 5.41) is 5.80. The minimum absolute atomic E-state index is 0.0797. The maximum absolute atomic E-state index is 12.6. The second kappa shape index (κ2) is 9.29. The van der Waals surface area contributed by atoms with E-state index in [0.29, 0.717) is 25.4 Å². The summed E-state index contributed by atoms with van der Waals surface area (Å²) in [7, 11) is 1.64. The van der Waals surface area contributed by atoms with Crippen LogP contribution in [-0.4, -0.2) is 45.9 Å². The Hall–Kier alpha value is -1.66. The van der Waals surface area contributed by atoms with E-state index in [1.165, 1.54) is 24.3 Å². The first-order valence-corrected chi connectivity index (χ1v) is 6.07. The van der Waals surface area contributed by atoms with E-state index in [0.717, 1.165) is 6.54 Å². The number of benzene rings is 1. The van der Waals surface area contributed by atoms with E-state index in [1.54, 1.807) is 7.11 Å². The fourth-order valence-electron chi connectivity index (χ4n) is 1.32. The van der Waals surface area contributed by atoms with E-state index in [9.17, 15) is 9.18 Å². The molecule has 0 aliphatic heterocycles. The lowest BCUT2D eigenvalue weighted by Crippen LogP contribution is -2.35. The van der Waals surface area contributed by atoms with E-state index in [1.807, 2.05) is 0 Å². The van der Waals surface area contributed by atoms with Crippen LogP contribution < -0.4 is 15.4 Å². The Balaban J connectivity index is 2.06. The number of methoxy groups -OCH3 is 1. The highest BCUT2D eigenvalue weighted by molar-refractivity contribution is 5.77. The number of nitrogens with one attached hydrogen (secondary N) is 2. The van der Waals surface area contributed by atoms with Crippen LogP contribution in [0.2, 0.25) is 0 Å². The molecule has 0 fully saturated rings. The van der Waals surface area contributed by atoms with Crippen LogP contribution in [0.4, 0.5) is 4.39 Å². The number of hydrogen-bond donors (Lipinski definition) is 2.